The molecular weight excluding hydrogens is 422 g/mol. The Bertz CT molecular complexity index is 1170. The summed E-state index contributed by atoms with van der Waals surface area (Å²) in [6.07, 6.45) is 5.07. The maximum Gasteiger partial charge on any atom is 0.243 e. The average Bonchev–Trinajstić information content (AvgIpc) is 3.47. The number of nitrogens with zero attached hydrogens (tertiary/aromatic N) is 4. The maximum atomic E-state index is 12.7. The molecule has 0 aliphatic carbocycles. The van der Waals surface area contributed by atoms with Gasteiger partial charge in [0.15, 0.2) is 0 Å². The molecule has 11 heteroatoms. The summed E-state index contributed by atoms with van der Waals surface area (Å²) in [5.41, 5.74) is 0.781. The Morgan fingerprint density at radius 1 is 1.16 bits per heavy atom. The van der Waals surface area contributed by atoms with Crippen LogP contribution in [0.15, 0.2) is 52.1 Å². The first-order valence-corrected chi connectivity index (χ1v) is 11.2. The number of nitrogens with one attached hydrogen (secondary N) is 1. The molecule has 0 bridgehead atoms. The van der Waals surface area contributed by atoms with Crippen molar-refractivity contribution in [1.29, 1.82) is 0 Å². The zero-order chi connectivity index (χ0) is 21.8. The highest BCUT2D eigenvalue weighted by atomic mass is 32.2. The number of amides is 1. The Morgan fingerprint density at radius 3 is 2.65 bits per heavy atom. The summed E-state index contributed by atoms with van der Waals surface area (Å²) in [4.78, 5) is 20.6. The van der Waals surface area contributed by atoms with Crippen molar-refractivity contribution in [2.45, 2.75) is 30.6 Å². The summed E-state index contributed by atoms with van der Waals surface area (Å²) in [5, 5.41) is 16.5. The number of hydrogen-bond acceptors (Lipinski definition) is 8. The quantitative estimate of drug-likeness (QED) is 0.530. The van der Waals surface area contributed by atoms with Crippen molar-refractivity contribution in [1.82, 2.24) is 19.4 Å². The third-order valence-corrected chi connectivity index (χ3v) is 6.81. The predicted molar refractivity (Wildman–Crippen MR) is 111 cm³/mol. The van der Waals surface area contributed by atoms with Crippen LogP contribution in [0.25, 0.3) is 11.4 Å². The molecule has 1 saturated heterocycles. The van der Waals surface area contributed by atoms with Gasteiger partial charge in [-0.3, -0.25) is 9.78 Å². The minimum Gasteiger partial charge on any atom is -0.506 e. The van der Waals surface area contributed by atoms with Gasteiger partial charge < -0.3 is 14.9 Å². The predicted octanol–water partition coefficient (Wildman–Crippen LogP) is 2.19. The van der Waals surface area contributed by atoms with Gasteiger partial charge in [-0.05, 0) is 43.2 Å². The highest BCUT2D eigenvalue weighted by Crippen LogP contribution is 2.29. The Balaban J connectivity index is 1.40. The lowest BCUT2D eigenvalue weighted by Crippen LogP contribution is -2.28. The molecule has 0 atom stereocenters. The van der Waals surface area contributed by atoms with Gasteiger partial charge in [-0.15, -0.1) is 0 Å². The molecular formula is C20H21N5O5S. The van der Waals surface area contributed by atoms with Crippen molar-refractivity contribution in [3.63, 3.8) is 0 Å². The van der Waals surface area contributed by atoms with E-state index in [1.807, 2.05) is 0 Å². The fourth-order valence-corrected chi connectivity index (χ4v) is 4.80. The Morgan fingerprint density at radius 2 is 1.90 bits per heavy atom. The lowest BCUT2D eigenvalue weighted by Gasteiger charge is -2.16. The smallest absolute Gasteiger partial charge is 0.243 e. The molecule has 10 nitrogen and oxygen atoms in total. The van der Waals surface area contributed by atoms with Crippen LogP contribution in [-0.4, -0.2) is 52.0 Å². The van der Waals surface area contributed by atoms with Crippen molar-refractivity contribution in [3.8, 4) is 17.1 Å². The van der Waals surface area contributed by atoms with Gasteiger partial charge in [0.25, 0.3) is 0 Å². The fourth-order valence-electron chi connectivity index (χ4n) is 3.26. The number of carbonyl (C=O) groups is 1. The number of rotatable bonds is 7. The minimum absolute atomic E-state index is 0.0144. The lowest BCUT2D eigenvalue weighted by molar-refractivity contribution is -0.116. The van der Waals surface area contributed by atoms with Gasteiger partial charge in [0.05, 0.1) is 10.6 Å². The van der Waals surface area contributed by atoms with Crippen LogP contribution in [0.1, 0.15) is 25.2 Å². The number of benzene rings is 1. The van der Waals surface area contributed by atoms with E-state index in [9.17, 15) is 18.3 Å². The van der Waals surface area contributed by atoms with E-state index in [-0.39, 0.29) is 35.1 Å². The largest absolute Gasteiger partial charge is 0.506 e. The number of phenolic OH excluding ortho intramolecular Hbond substituents is 1. The van der Waals surface area contributed by atoms with Crippen LogP contribution in [0.4, 0.5) is 5.69 Å². The molecule has 0 radical (unpaired) electrons. The first kappa shape index (κ1) is 20.9. The molecule has 4 rings (SSSR count). The van der Waals surface area contributed by atoms with E-state index in [1.54, 1.807) is 24.5 Å². The normalized spacial score (nSPS) is 14.6. The number of hydrogen-bond donors (Lipinski definition) is 2. The van der Waals surface area contributed by atoms with Gasteiger partial charge in [-0.25, -0.2) is 8.42 Å². The standard InChI is InChI=1S/C20H21N5O5S/c26-17-4-3-15(31(28,29)25-11-1-2-12-25)13-16(17)22-18(27)5-6-19-23-20(24-30-19)14-7-9-21-10-8-14/h3-4,7-10,13,26H,1-2,5-6,11-12H2,(H,22,27). The fraction of sp³-hybridized carbons (Fsp3) is 0.300. The molecule has 2 N–H and O–H groups in total. The number of anilines is 1. The first-order valence-electron chi connectivity index (χ1n) is 9.79. The van der Waals surface area contributed by atoms with Crippen LogP contribution in [0, 0.1) is 0 Å². The first-order chi connectivity index (χ1) is 14.9. The van der Waals surface area contributed by atoms with Crippen molar-refractivity contribution in [2.24, 2.45) is 0 Å². The van der Waals surface area contributed by atoms with Crippen molar-refractivity contribution >= 4 is 21.6 Å². The molecule has 1 aromatic carbocycles. The van der Waals surface area contributed by atoms with Gasteiger partial charge in [0.2, 0.25) is 27.6 Å². The van der Waals surface area contributed by atoms with Gasteiger partial charge in [-0.1, -0.05) is 5.16 Å². The van der Waals surface area contributed by atoms with E-state index < -0.39 is 15.9 Å². The third kappa shape index (κ3) is 4.72. The summed E-state index contributed by atoms with van der Waals surface area (Å²) < 4.78 is 32.0. The van der Waals surface area contributed by atoms with Crippen LogP contribution in [-0.2, 0) is 21.2 Å². The van der Waals surface area contributed by atoms with E-state index >= 15 is 0 Å². The minimum atomic E-state index is -3.66. The summed E-state index contributed by atoms with van der Waals surface area (Å²) in [7, 11) is -3.66. The molecule has 1 amide bonds. The summed E-state index contributed by atoms with van der Waals surface area (Å²) in [6, 6.07) is 7.35. The summed E-state index contributed by atoms with van der Waals surface area (Å²) in [6.45, 7) is 0.938. The zero-order valence-electron chi connectivity index (χ0n) is 16.6. The van der Waals surface area contributed by atoms with E-state index in [0.29, 0.717) is 18.9 Å². The third-order valence-electron chi connectivity index (χ3n) is 4.92. The number of pyridine rings is 1. The molecule has 3 aromatic rings. The second-order valence-corrected chi connectivity index (χ2v) is 9.02. The summed E-state index contributed by atoms with van der Waals surface area (Å²) in [5.74, 6) is 0.0491. The second-order valence-electron chi connectivity index (χ2n) is 7.09. The molecule has 1 fully saturated rings. The second kappa shape index (κ2) is 8.82. The molecule has 0 spiro atoms. The number of sulfonamides is 1. The molecule has 2 aromatic heterocycles. The molecule has 1 aliphatic rings. The van der Waals surface area contributed by atoms with Gasteiger partial charge in [0.1, 0.15) is 5.75 Å². The number of aryl methyl sites for hydroxylation is 1. The van der Waals surface area contributed by atoms with E-state index in [4.69, 9.17) is 4.52 Å². The maximum absolute atomic E-state index is 12.7. The van der Waals surface area contributed by atoms with Gasteiger partial charge >= 0.3 is 0 Å². The van der Waals surface area contributed by atoms with E-state index in [1.165, 1.54) is 22.5 Å². The van der Waals surface area contributed by atoms with E-state index in [2.05, 4.69) is 20.4 Å². The molecule has 31 heavy (non-hydrogen) atoms. The Kier molecular flexibility index (Phi) is 5.96. The van der Waals surface area contributed by atoms with Crippen molar-refractivity contribution in [2.75, 3.05) is 18.4 Å². The summed E-state index contributed by atoms with van der Waals surface area (Å²) >= 11 is 0. The van der Waals surface area contributed by atoms with E-state index in [0.717, 1.165) is 18.4 Å². The molecule has 1 aliphatic heterocycles. The van der Waals surface area contributed by atoms with Crippen LogP contribution in [0.3, 0.4) is 0 Å². The number of aromatic hydroxyl groups is 1. The van der Waals surface area contributed by atoms with Gasteiger partial charge in [-0.2, -0.15) is 9.29 Å². The molecule has 3 heterocycles. The van der Waals surface area contributed by atoms with Crippen LogP contribution in [0.2, 0.25) is 0 Å². The van der Waals surface area contributed by atoms with Crippen LogP contribution < -0.4 is 5.32 Å². The molecule has 162 valence electrons. The molecule has 0 saturated carbocycles. The average molecular weight is 443 g/mol. The van der Waals surface area contributed by atoms with Crippen molar-refractivity contribution in [3.05, 3.63) is 48.6 Å². The Labute approximate surface area is 179 Å². The zero-order valence-corrected chi connectivity index (χ0v) is 17.4. The number of carbonyl (C=O) groups excluding carboxylic acids is 1. The number of phenols is 1. The van der Waals surface area contributed by atoms with Crippen molar-refractivity contribution < 1.29 is 22.8 Å². The Hall–Kier alpha value is -3.31. The van der Waals surface area contributed by atoms with Gasteiger partial charge in [0, 0.05) is 43.9 Å². The van der Waals surface area contributed by atoms with Crippen LogP contribution >= 0.6 is 0 Å². The monoisotopic (exact) mass is 443 g/mol. The SMILES string of the molecule is O=C(CCc1nc(-c2ccncc2)no1)Nc1cc(S(=O)(=O)N2CCCC2)ccc1O. The van der Waals surface area contributed by atoms with Crippen LogP contribution in [0.5, 0.6) is 5.75 Å². The topological polar surface area (TPSA) is 139 Å². The number of aromatic nitrogens is 3. The lowest BCUT2D eigenvalue weighted by atomic mass is 10.2. The molecule has 0 unspecified atom stereocenters. The highest BCUT2D eigenvalue weighted by Gasteiger charge is 2.28. The highest BCUT2D eigenvalue weighted by molar-refractivity contribution is 7.89.